The number of aryl methyl sites for hydroxylation is 1. The van der Waals surface area contributed by atoms with Gasteiger partial charge in [-0.2, -0.15) is 0 Å². The number of aromatic nitrogens is 4. The van der Waals surface area contributed by atoms with E-state index < -0.39 is 5.25 Å². The Hall–Kier alpha value is -3.07. The van der Waals surface area contributed by atoms with Crippen LogP contribution in [0, 0.1) is 6.92 Å². The van der Waals surface area contributed by atoms with Gasteiger partial charge in [0.15, 0.2) is 16.8 Å². The van der Waals surface area contributed by atoms with Crippen molar-refractivity contribution in [2.75, 3.05) is 12.4 Å². The van der Waals surface area contributed by atoms with Gasteiger partial charge in [-0.15, -0.1) is 16.8 Å². The van der Waals surface area contributed by atoms with Crippen molar-refractivity contribution in [3.8, 4) is 17.1 Å². The molecule has 2 aromatic heterocycles. The third kappa shape index (κ3) is 4.25. The first-order valence-electron chi connectivity index (χ1n) is 8.61. The highest BCUT2D eigenvalue weighted by Crippen LogP contribution is 2.32. The molecule has 0 aliphatic rings. The minimum Gasteiger partial charge on any atom is -0.496 e. The molecule has 0 aliphatic carbocycles. The first-order chi connectivity index (χ1) is 13.5. The normalized spacial score (nSPS) is 11.8. The Labute approximate surface area is 167 Å². The molecule has 0 fully saturated rings. The lowest BCUT2D eigenvalue weighted by atomic mass is 10.2. The Morgan fingerprint density at radius 3 is 2.89 bits per heavy atom. The van der Waals surface area contributed by atoms with Crippen LogP contribution >= 0.6 is 11.8 Å². The summed E-state index contributed by atoms with van der Waals surface area (Å²) in [6, 6.07) is 9.25. The van der Waals surface area contributed by atoms with Crippen LogP contribution in [0.15, 0.2) is 52.7 Å². The van der Waals surface area contributed by atoms with Crippen molar-refractivity contribution in [2.24, 2.45) is 0 Å². The fraction of sp³-hybridized carbons (Fsp3) is 0.263. The second kappa shape index (κ2) is 8.75. The van der Waals surface area contributed by atoms with Gasteiger partial charge in [-0.1, -0.05) is 35.1 Å². The van der Waals surface area contributed by atoms with Gasteiger partial charge >= 0.3 is 0 Å². The van der Waals surface area contributed by atoms with Gasteiger partial charge in [-0.25, -0.2) is 0 Å². The molecule has 2 heterocycles. The zero-order chi connectivity index (χ0) is 20.1. The molecule has 146 valence electrons. The van der Waals surface area contributed by atoms with Crippen LogP contribution < -0.4 is 10.1 Å². The lowest BCUT2D eigenvalue weighted by molar-refractivity contribution is -0.115. The van der Waals surface area contributed by atoms with E-state index in [0.717, 1.165) is 5.56 Å². The Bertz CT molecular complexity index is 982. The molecule has 0 unspecified atom stereocenters. The maximum atomic E-state index is 12.5. The molecule has 3 aromatic rings. The predicted octanol–water partition coefficient (Wildman–Crippen LogP) is 3.56. The maximum Gasteiger partial charge on any atom is 0.238 e. The number of allylic oxidation sites excluding steroid dienone is 1. The van der Waals surface area contributed by atoms with E-state index >= 15 is 0 Å². The summed E-state index contributed by atoms with van der Waals surface area (Å²) < 4.78 is 12.3. The molecule has 3 rings (SSSR count). The first-order valence-corrected chi connectivity index (χ1v) is 9.49. The molecular weight excluding hydrogens is 378 g/mol. The van der Waals surface area contributed by atoms with E-state index in [9.17, 15) is 4.79 Å². The number of hydrogen-bond acceptors (Lipinski definition) is 7. The smallest absolute Gasteiger partial charge is 0.238 e. The zero-order valence-electron chi connectivity index (χ0n) is 15.9. The van der Waals surface area contributed by atoms with Gasteiger partial charge in [-0.05, 0) is 26.0 Å². The number of ether oxygens (including phenoxy) is 1. The summed E-state index contributed by atoms with van der Waals surface area (Å²) in [7, 11) is 1.61. The minimum atomic E-state index is -0.421. The number of nitrogens with one attached hydrogen (secondary N) is 1. The summed E-state index contributed by atoms with van der Waals surface area (Å²) in [6.45, 7) is 7.87. The predicted molar refractivity (Wildman–Crippen MR) is 107 cm³/mol. The third-order valence-corrected chi connectivity index (χ3v) is 4.99. The number of methoxy groups -OCH3 is 1. The Morgan fingerprint density at radius 2 is 2.21 bits per heavy atom. The molecule has 1 atom stereocenters. The van der Waals surface area contributed by atoms with Crippen LogP contribution in [0.2, 0.25) is 0 Å². The molecule has 9 heteroatoms. The van der Waals surface area contributed by atoms with Crippen LogP contribution in [0.1, 0.15) is 12.7 Å². The third-order valence-electron chi connectivity index (χ3n) is 3.91. The number of thioether (sulfide) groups is 1. The number of anilines is 1. The van der Waals surface area contributed by atoms with Gasteiger partial charge in [0.25, 0.3) is 0 Å². The van der Waals surface area contributed by atoms with E-state index in [4.69, 9.17) is 9.26 Å². The van der Waals surface area contributed by atoms with Gasteiger partial charge in [0, 0.05) is 12.6 Å². The van der Waals surface area contributed by atoms with Gasteiger partial charge < -0.3 is 14.6 Å². The molecule has 0 spiro atoms. The SMILES string of the molecule is C=CCn1c(S[C@H](C)C(=O)Nc2cc(C)on2)nnc1-c1ccccc1OC. The number of carbonyl (C=O) groups is 1. The molecule has 0 radical (unpaired) electrons. The van der Waals surface area contributed by atoms with Crippen LogP contribution in [-0.2, 0) is 11.3 Å². The Kier molecular flexibility index (Phi) is 6.15. The van der Waals surface area contributed by atoms with Crippen LogP contribution in [0.5, 0.6) is 5.75 Å². The van der Waals surface area contributed by atoms with E-state index in [-0.39, 0.29) is 5.91 Å². The van der Waals surface area contributed by atoms with Crippen molar-refractivity contribution < 1.29 is 14.1 Å². The lowest BCUT2D eigenvalue weighted by Gasteiger charge is -2.13. The lowest BCUT2D eigenvalue weighted by Crippen LogP contribution is -2.23. The second-order valence-corrected chi connectivity index (χ2v) is 7.29. The topological polar surface area (TPSA) is 95.1 Å². The van der Waals surface area contributed by atoms with Crippen molar-refractivity contribution in [3.63, 3.8) is 0 Å². The number of para-hydroxylation sites is 1. The van der Waals surface area contributed by atoms with Crippen LogP contribution in [0.3, 0.4) is 0 Å². The highest BCUT2D eigenvalue weighted by molar-refractivity contribution is 8.00. The largest absolute Gasteiger partial charge is 0.496 e. The van der Waals surface area contributed by atoms with E-state index in [1.807, 2.05) is 28.8 Å². The first kappa shape index (κ1) is 19.7. The van der Waals surface area contributed by atoms with Gasteiger partial charge in [0.2, 0.25) is 5.91 Å². The molecular formula is C19H21N5O3S. The van der Waals surface area contributed by atoms with E-state index in [2.05, 4.69) is 27.2 Å². The molecule has 1 aromatic carbocycles. The fourth-order valence-electron chi connectivity index (χ4n) is 2.56. The van der Waals surface area contributed by atoms with Gasteiger partial charge in [0.05, 0.1) is 17.9 Å². The summed E-state index contributed by atoms with van der Waals surface area (Å²) in [5.74, 6) is 2.16. The van der Waals surface area contributed by atoms with Crippen molar-refractivity contribution in [1.82, 2.24) is 19.9 Å². The highest BCUT2D eigenvalue weighted by Gasteiger charge is 2.22. The molecule has 28 heavy (non-hydrogen) atoms. The van der Waals surface area contributed by atoms with Crippen molar-refractivity contribution in [2.45, 2.75) is 30.8 Å². The maximum absolute atomic E-state index is 12.5. The van der Waals surface area contributed by atoms with Crippen LogP contribution in [-0.4, -0.2) is 38.2 Å². The van der Waals surface area contributed by atoms with Crippen LogP contribution in [0.25, 0.3) is 11.4 Å². The van der Waals surface area contributed by atoms with E-state index in [0.29, 0.717) is 34.9 Å². The van der Waals surface area contributed by atoms with Crippen molar-refractivity contribution in [3.05, 3.63) is 48.7 Å². The van der Waals surface area contributed by atoms with E-state index in [1.54, 1.807) is 33.1 Å². The number of nitrogens with zero attached hydrogens (tertiary/aromatic N) is 4. The number of rotatable bonds is 8. The van der Waals surface area contributed by atoms with Crippen molar-refractivity contribution >= 4 is 23.5 Å². The molecule has 1 N–H and O–H groups in total. The molecule has 0 saturated heterocycles. The molecule has 0 aliphatic heterocycles. The summed E-state index contributed by atoms with van der Waals surface area (Å²) in [4.78, 5) is 12.5. The van der Waals surface area contributed by atoms with Crippen molar-refractivity contribution in [1.29, 1.82) is 0 Å². The number of carbonyl (C=O) groups excluding carboxylic acids is 1. The van der Waals surface area contributed by atoms with Gasteiger partial charge in [0.1, 0.15) is 11.5 Å². The number of amides is 1. The summed E-state index contributed by atoms with van der Waals surface area (Å²) in [5, 5.41) is 15.3. The fourth-order valence-corrected chi connectivity index (χ4v) is 3.42. The molecule has 8 nitrogen and oxygen atoms in total. The Morgan fingerprint density at radius 1 is 1.43 bits per heavy atom. The number of hydrogen-bond donors (Lipinski definition) is 1. The van der Waals surface area contributed by atoms with Crippen LogP contribution in [0.4, 0.5) is 5.82 Å². The monoisotopic (exact) mass is 399 g/mol. The molecule has 0 saturated carbocycles. The standard InChI is InChI=1S/C19H21N5O3S/c1-5-10-24-17(14-8-6-7-9-15(14)26-4)21-22-19(24)28-13(3)18(25)20-16-11-12(2)27-23-16/h5-9,11,13H,1,10H2,2-4H3,(H,20,23,25)/t13-/m1/s1. The molecule has 0 bridgehead atoms. The quantitative estimate of drug-likeness (QED) is 0.457. The van der Waals surface area contributed by atoms with Gasteiger partial charge in [-0.3, -0.25) is 9.36 Å². The summed E-state index contributed by atoms with van der Waals surface area (Å²) in [5.41, 5.74) is 0.821. The molecule has 1 amide bonds. The average molecular weight is 399 g/mol. The summed E-state index contributed by atoms with van der Waals surface area (Å²) in [6.07, 6.45) is 1.76. The average Bonchev–Trinajstić information content (AvgIpc) is 3.28. The minimum absolute atomic E-state index is 0.203. The zero-order valence-corrected chi connectivity index (χ0v) is 16.7. The van der Waals surface area contributed by atoms with E-state index in [1.165, 1.54) is 11.8 Å². The highest BCUT2D eigenvalue weighted by atomic mass is 32.2. The second-order valence-electron chi connectivity index (χ2n) is 5.98. The number of benzene rings is 1. The Balaban J connectivity index is 1.83. The summed E-state index contributed by atoms with van der Waals surface area (Å²) >= 11 is 1.30.